The summed E-state index contributed by atoms with van der Waals surface area (Å²) in [5.74, 6) is 0.929. The number of rotatable bonds is 4. The van der Waals surface area contributed by atoms with Gasteiger partial charge in [0.05, 0.1) is 0 Å². The van der Waals surface area contributed by atoms with Gasteiger partial charge in [0, 0.05) is 6.54 Å². The van der Waals surface area contributed by atoms with Crippen LogP contribution in [0.4, 0.5) is 0 Å². The maximum Gasteiger partial charge on any atom is 0.00218 e. The second kappa shape index (κ2) is 6.02. The van der Waals surface area contributed by atoms with Gasteiger partial charge in [0.15, 0.2) is 0 Å². The lowest BCUT2D eigenvalue weighted by Gasteiger charge is -2.30. The van der Waals surface area contributed by atoms with Gasteiger partial charge in [-0.1, -0.05) is 43.8 Å². The molecule has 1 saturated heterocycles. The second-order valence-corrected chi connectivity index (χ2v) is 5.22. The zero-order valence-corrected chi connectivity index (χ0v) is 10.9. The largest absolute Gasteiger partial charge is 0.303 e. The third-order valence-corrected chi connectivity index (χ3v) is 3.81. The van der Waals surface area contributed by atoms with E-state index in [0.717, 1.165) is 5.92 Å². The van der Waals surface area contributed by atoms with Crippen molar-refractivity contribution in [3.05, 3.63) is 42.0 Å². The van der Waals surface area contributed by atoms with Crippen molar-refractivity contribution < 1.29 is 0 Å². The Balaban J connectivity index is 1.79. The van der Waals surface area contributed by atoms with E-state index < -0.39 is 0 Å². The molecule has 1 aromatic rings. The summed E-state index contributed by atoms with van der Waals surface area (Å²) in [5, 5.41) is 0. The molecule has 0 N–H and O–H groups in total. The molecule has 1 aliphatic heterocycles. The van der Waals surface area contributed by atoms with E-state index in [1.807, 2.05) is 6.08 Å². The molecule has 1 nitrogen and oxygen atoms in total. The first kappa shape index (κ1) is 12.4. The predicted molar refractivity (Wildman–Crippen MR) is 75.1 cm³/mol. The van der Waals surface area contributed by atoms with E-state index in [-0.39, 0.29) is 0 Å². The van der Waals surface area contributed by atoms with Gasteiger partial charge in [-0.2, -0.15) is 0 Å². The minimum atomic E-state index is 0.929. The van der Waals surface area contributed by atoms with E-state index in [9.17, 15) is 0 Å². The van der Waals surface area contributed by atoms with Crippen molar-refractivity contribution in [1.29, 1.82) is 0 Å². The molecule has 0 spiro atoms. The zero-order chi connectivity index (χ0) is 12.1. The van der Waals surface area contributed by atoms with E-state index in [0.29, 0.717) is 0 Å². The minimum Gasteiger partial charge on any atom is -0.303 e. The normalized spacial score (nSPS) is 18.2. The highest BCUT2D eigenvalue weighted by atomic mass is 15.1. The van der Waals surface area contributed by atoms with E-state index in [4.69, 9.17) is 0 Å². The summed E-state index contributed by atoms with van der Waals surface area (Å²) >= 11 is 0. The molecule has 0 bridgehead atoms. The van der Waals surface area contributed by atoms with Crippen molar-refractivity contribution in [3.63, 3.8) is 0 Å². The van der Waals surface area contributed by atoms with E-state index in [2.05, 4.69) is 42.7 Å². The van der Waals surface area contributed by atoms with Gasteiger partial charge in [-0.15, -0.1) is 0 Å². The molecule has 17 heavy (non-hydrogen) atoms. The molecule has 1 heteroatoms. The quantitative estimate of drug-likeness (QED) is 0.762. The van der Waals surface area contributed by atoms with Crippen LogP contribution in [-0.4, -0.2) is 24.5 Å². The summed E-state index contributed by atoms with van der Waals surface area (Å²) in [5.41, 5.74) is 2.65. The van der Waals surface area contributed by atoms with Crippen LogP contribution in [0.3, 0.4) is 0 Å². The fraction of sp³-hybridized carbons (Fsp3) is 0.500. The highest BCUT2D eigenvalue weighted by molar-refractivity contribution is 5.47. The Kier molecular flexibility index (Phi) is 4.38. The summed E-state index contributed by atoms with van der Waals surface area (Å²) in [4.78, 5) is 2.60. The van der Waals surface area contributed by atoms with Crippen LogP contribution in [0.2, 0.25) is 0 Å². The summed E-state index contributed by atoms with van der Waals surface area (Å²) in [7, 11) is 0. The lowest BCUT2D eigenvalue weighted by atomic mass is 9.99. The summed E-state index contributed by atoms with van der Waals surface area (Å²) < 4.78 is 0. The Morgan fingerprint density at radius 3 is 2.47 bits per heavy atom. The Morgan fingerprint density at radius 2 is 1.88 bits per heavy atom. The zero-order valence-electron chi connectivity index (χ0n) is 10.9. The lowest BCUT2D eigenvalue weighted by Crippen LogP contribution is -2.34. The Morgan fingerprint density at radius 1 is 1.24 bits per heavy atom. The molecule has 92 valence electrons. The topological polar surface area (TPSA) is 3.24 Å². The summed E-state index contributed by atoms with van der Waals surface area (Å²) in [6.07, 6.45) is 5.81. The molecule has 0 amide bonds. The van der Waals surface area contributed by atoms with Gasteiger partial charge in [-0.25, -0.2) is 0 Å². The first-order valence-electron chi connectivity index (χ1n) is 6.71. The molecule has 1 heterocycles. The molecule has 0 radical (unpaired) electrons. The van der Waals surface area contributed by atoms with Gasteiger partial charge in [0.2, 0.25) is 0 Å². The second-order valence-electron chi connectivity index (χ2n) is 5.22. The maximum absolute atomic E-state index is 3.78. The SMILES string of the molecule is C=Cc1ccc(CCN2CCC(C)CC2)cc1. The lowest BCUT2D eigenvalue weighted by molar-refractivity contribution is 0.194. The van der Waals surface area contributed by atoms with Gasteiger partial charge in [-0.3, -0.25) is 0 Å². The third kappa shape index (κ3) is 3.71. The van der Waals surface area contributed by atoms with Crippen molar-refractivity contribution in [2.24, 2.45) is 5.92 Å². The highest BCUT2D eigenvalue weighted by Crippen LogP contribution is 2.16. The minimum absolute atomic E-state index is 0.929. The number of piperidine rings is 1. The van der Waals surface area contributed by atoms with Crippen molar-refractivity contribution in [1.82, 2.24) is 4.90 Å². The molecule has 1 fully saturated rings. The van der Waals surface area contributed by atoms with Crippen molar-refractivity contribution >= 4 is 6.08 Å². The fourth-order valence-electron chi connectivity index (χ4n) is 2.39. The summed E-state index contributed by atoms with van der Waals surface area (Å²) in [6.45, 7) is 9.92. The van der Waals surface area contributed by atoms with E-state index in [1.54, 1.807) is 0 Å². The molecule has 2 rings (SSSR count). The standard InChI is InChI=1S/C16H23N/c1-3-15-4-6-16(7-5-15)10-13-17-11-8-14(2)9-12-17/h3-7,14H,1,8-13H2,2H3. The number of hydrogen-bond acceptors (Lipinski definition) is 1. The summed E-state index contributed by atoms with van der Waals surface area (Å²) in [6, 6.07) is 8.76. The molecular formula is C16H23N. The molecule has 0 aromatic heterocycles. The average molecular weight is 229 g/mol. The third-order valence-electron chi connectivity index (χ3n) is 3.81. The van der Waals surface area contributed by atoms with Gasteiger partial charge in [0.1, 0.15) is 0 Å². The van der Waals surface area contributed by atoms with Gasteiger partial charge < -0.3 is 4.90 Å². The van der Waals surface area contributed by atoms with Crippen LogP contribution in [0.25, 0.3) is 6.08 Å². The van der Waals surface area contributed by atoms with Crippen LogP contribution in [0.5, 0.6) is 0 Å². The Bertz CT molecular complexity index is 344. The van der Waals surface area contributed by atoms with Crippen LogP contribution >= 0.6 is 0 Å². The number of hydrogen-bond donors (Lipinski definition) is 0. The monoisotopic (exact) mass is 229 g/mol. The van der Waals surface area contributed by atoms with Crippen molar-refractivity contribution in [3.8, 4) is 0 Å². The molecular weight excluding hydrogens is 206 g/mol. The molecule has 0 aliphatic carbocycles. The van der Waals surface area contributed by atoms with Crippen LogP contribution in [0.1, 0.15) is 30.9 Å². The first-order chi connectivity index (χ1) is 8.28. The van der Waals surface area contributed by atoms with Crippen LogP contribution in [0.15, 0.2) is 30.8 Å². The molecule has 1 aromatic carbocycles. The first-order valence-corrected chi connectivity index (χ1v) is 6.71. The van der Waals surface area contributed by atoms with Gasteiger partial charge >= 0.3 is 0 Å². The van der Waals surface area contributed by atoms with Gasteiger partial charge in [-0.05, 0) is 49.4 Å². The van der Waals surface area contributed by atoms with E-state index >= 15 is 0 Å². The Labute approximate surface area is 105 Å². The number of likely N-dealkylation sites (tertiary alicyclic amines) is 1. The number of nitrogens with zero attached hydrogens (tertiary/aromatic N) is 1. The average Bonchev–Trinajstić information content (AvgIpc) is 2.39. The van der Waals surface area contributed by atoms with Crippen LogP contribution in [0, 0.1) is 5.92 Å². The highest BCUT2D eigenvalue weighted by Gasteiger charge is 2.14. The van der Waals surface area contributed by atoms with E-state index in [1.165, 1.54) is 50.0 Å². The maximum atomic E-state index is 3.78. The molecule has 0 atom stereocenters. The smallest absolute Gasteiger partial charge is 0.00218 e. The Hall–Kier alpha value is -1.08. The van der Waals surface area contributed by atoms with Crippen LogP contribution < -0.4 is 0 Å². The van der Waals surface area contributed by atoms with Crippen LogP contribution in [-0.2, 0) is 6.42 Å². The molecule has 0 saturated carbocycles. The van der Waals surface area contributed by atoms with Crippen molar-refractivity contribution in [2.45, 2.75) is 26.2 Å². The fourth-order valence-corrected chi connectivity index (χ4v) is 2.39. The van der Waals surface area contributed by atoms with Gasteiger partial charge in [0.25, 0.3) is 0 Å². The predicted octanol–water partition coefficient (Wildman–Crippen LogP) is 3.60. The molecule has 1 aliphatic rings. The van der Waals surface area contributed by atoms with Crippen molar-refractivity contribution in [2.75, 3.05) is 19.6 Å². The molecule has 0 unspecified atom stereocenters. The number of benzene rings is 1.